The summed E-state index contributed by atoms with van der Waals surface area (Å²) in [6, 6.07) is 20.6. The van der Waals surface area contributed by atoms with Crippen molar-refractivity contribution in [2.75, 3.05) is 14.2 Å². The minimum Gasteiger partial charge on any atom is -0.497 e. The second-order valence-electron chi connectivity index (χ2n) is 12.5. The number of methoxy groups -OCH3 is 2. The van der Waals surface area contributed by atoms with Crippen LogP contribution in [0.2, 0.25) is 0 Å². The molecule has 0 spiro atoms. The molecule has 2 N–H and O–H groups in total. The lowest BCUT2D eigenvalue weighted by Crippen LogP contribution is -2.39. The third kappa shape index (κ3) is 5.19. The quantitative estimate of drug-likeness (QED) is 0.239. The molecule has 2 atom stereocenters. The molecule has 0 radical (unpaired) electrons. The highest BCUT2D eigenvalue weighted by Crippen LogP contribution is 2.66. The number of nitrogens with one attached hydrogen (secondary N) is 2. The highest BCUT2D eigenvalue weighted by molar-refractivity contribution is 7.88. The Morgan fingerprint density at radius 3 is 2.49 bits per heavy atom. The van der Waals surface area contributed by atoms with Crippen LogP contribution in [0, 0.1) is 5.41 Å². The average molecular weight is 628 g/mol. The maximum Gasteiger partial charge on any atom is 0.314 e. The molecule has 10 heteroatoms. The van der Waals surface area contributed by atoms with Gasteiger partial charge in [0.2, 0.25) is 0 Å². The highest BCUT2D eigenvalue weighted by Gasteiger charge is 2.63. The number of benzene rings is 3. The number of aromatic nitrogens is 1. The molecule has 234 valence electrons. The molecule has 45 heavy (non-hydrogen) atoms. The number of carbonyl (C=O) groups excluding carboxylic acids is 2. The van der Waals surface area contributed by atoms with Crippen LogP contribution in [0.25, 0.3) is 22.2 Å². The smallest absolute Gasteiger partial charge is 0.314 e. The molecule has 0 bridgehead atoms. The fourth-order valence-corrected chi connectivity index (χ4v) is 8.39. The third-order valence-corrected chi connectivity index (χ3v) is 10.9. The fraction of sp³-hybridized carbons (Fsp3) is 0.371. The van der Waals surface area contributed by atoms with Crippen molar-refractivity contribution in [3.63, 3.8) is 0 Å². The van der Waals surface area contributed by atoms with E-state index in [1.165, 1.54) is 19.1 Å². The van der Waals surface area contributed by atoms with Gasteiger partial charge in [-0.05, 0) is 72.2 Å². The molecular formula is C35H37N3O6S. The standard InChI is InChI=1S/C35H37N3O6S/c1-43-25-14-16-26-28(18-25)29-19-35(29,34(40)44-2)21-38-30-17-24(13-15-27(30)31(32(26)38)23-11-7-4-8-12-23)33(39)37-45(41,42)36-20-22-9-5-3-6-10-22/h3,5-6,9-10,13-18,23,29,36H,4,7-8,11-12,19-21H2,1-2H3,(H,37,39). The normalized spacial score (nSPS) is 20.8. The molecule has 3 aliphatic rings. The van der Waals surface area contributed by atoms with E-state index in [1.54, 1.807) is 31.4 Å². The first-order chi connectivity index (χ1) is 21.7. The zero-order chi connectivity index (χ0) is 31.3. The van der Waals surface area contributed by atoms with Crippen LogP contribution in [0.3, 0.4) is 0 Å². The maximum absolute atomic E-state index is 13.4. The number of rotatable bonds is 8. The van der Waals surface area contributed by atoms with Crippen LogP contribution in [-0.4, -0.2) is 39.1 Å². The molecule has 2 unspecified atom stereocenters. The van der Waals surface area contributed by atoms with Crippen LogP contribution in [0.1, 0.15) is 77.4 Å². The number of ether oxygens (including phenoxy) is 2. The molecule has 7 rings (SSSR count). The van der Waals surface area contributed by atoms with Crippen LogP contribution >= 0.6 is 0 Å². The van der Waals surface area contributed by atoms with Gasteiger partial charge in [-0.1, -0.05) is 55.7 Å². The summed E-state index contributed by atoms with van der Waals surface area (Å²) in [6.45, 7) is 0.461. The van der Waals surface area contributed by atoms with Gasteiger partial charge >= 0.3 is 16.2 Å². The summed E-state index contributed by atoms with van der Waals surface area (Å²) in [6.07, 6.45) is 6.30. The number of hydrogen-bond donors (Lipinski definition) is 2. The van der Waals surface area contributed by atoms with Crippen molar-refractivity contribution in [3.05, 3.63) is 89.0 Å². The summed E-state index contributed by atoms with van der Waals surface area (Å²) < 4.78 is 43.4. The highest BCUT2D eigenvalue weighted by atomic mass is 32.2. The minimum atomic E-state index is -4.12. The van der Waals surface area contributed by atoms with Crippen molar-refractivity contribution in [1.29, 1.82) is 0 Å². The molecule has 9 nitrogen and oxygen atoms in total. The summed E-state index contributed by atoms with van der Waals surface area (Å²) in [5.74, 6) is 0.0802. The molecule has 2 heterocycles. The molecular weight excluding hydrogens is 590 g/mol. The first-order valence-electron chi connectivity index (χ1n) is 15.5. The number of carbonyl (C=O) groups is 2. The maximum atomic E-state index is 13.4. The Bertz CT molecular complexity index is 1910. The van der Waals surface area contributed by atoms with Gasteiger partial charge in [0.25, 0.3) is 5.91 Å². The van der Waals surface area contributed by atoms with Crippen molar-refractivity contribution in [2.24, 2.45) is 5.41 Å². The summed E-state index contributed by atoms with van der Waals surface area (Å²) in [5, 5.41) is 1.03. The van der Waals surface area contributed by atoms with Crippen molar-refractivity contribution >= 4 is 33.0 Å². The average Bonchev–Trinajstić information content (AvgIpc) is 3.73. The Balaban J connectivity index is 1.34. The van der Waals surface area contributed by atoms with Gasteiger partial charge in [0.15, 0.2) is 0 Å². The zero-order valence-corrected chi connectivity index (χ0v) is 26.3. The lowest BCUT2D eigenvalue weighted by molar-refractivity contribution is -0.147. The Morgan fingerprint density at radius 2 is 1.76 bits per heavy atom. The summed E-state index contributed by atoms with van der Waals surface area (Å²) in [5.41, 5.74) is 5.53. The van der Waals surface area contributed by atoms with E-state index < -0.39 is 21.5 Å². The Labute approximate surface area is 263 Å². The lowest BCUT2D eigenvalue weighted by Gasteiger charge is -2.24. The van der Waals surface area contributed by atoms with Gasteiger partial charge in [-0.2, -0.15) is 13.1 Å². The largest absolute Gasteiger partial charge is 0.497 e. The molecule has 3 aromatic carbocycles. The van der Waals surface area contributed by atoms with Gasteiger partial charge in [0.1, 0.15) is 5.75 Å². The van der Waals surface area contributed by atoms with E-state index >= 15 is 0 Å². The number of hydrogen-bond acceptors (Lipinski definition) is 6. The molecule has 1 aromatic heterocycles. The van der Waals surface area contributed by atoms with E-state index in [-0.39, 0.29) is 24.0 Å². The Kier molecular flexibility index (Phi) is 7.44. The first-order valence-corrected chi connectivity index (χ1v) is 17.0. The Hall–Kier alpha value is -4.15. The van der Waals surface area contributed by atoms with Crippen molar-refractivity contribution in [1.82, 2.24) is 14.0 Å². The number of fused-ring (bicyclic) bond motifs is 7. The second kappa shape index (κ2) is 11.3. The van der Waals surface area contributed by atoms with Crippen LogP contribution < -0.4 is 14.2 Å². The fourth-order valence-electron chi connectivity index (χ4n) is 7.60. The van der Waals surface area contributed by atoms with Crippen molar-refractivity contribution in [2.45, 2.75) is 63.5 Å². The summed E-state index contributed by atoms with van der Waals surface area (Å²) >= 11 is 0. The van der Waals surface area contributed by atoms with E-state index in [0.717, 1.165) is 64.7 Å². The van der Waals surface area contributed by atoms with Gasteiger partial charge in [0, 0.05) is 41.0 Å². The van der Waals surface area contributed by atoms with E-state index in [0.29, 0.717) is 18.9 Å². The third-order valence-electron chi connectivity index (χ3n) is 9.91. The van der Waals surface area contributed by atoms with Gasteiger partial charge in [-0.25, -0.2) is 4.72 Å². The molecule has 2 fully saturated rings. The predicted molar refractivity (Wildman–Crippen MR) is 171 cm³/mol. The van der Waals surface area contributed by atoms with Gasteiger partial charge in [-0.3, -0.25) is 9.59 Å². The second-order valence-corrected chi connectivity index (χ2v) is 14.0. The van der Waals surface area contributed by atoms with Crippen LogP contribution in [0.15, 0.2) is 66.7 Å². The monoisotopic (exact) mass is 627 g/mol. The number of nitrogens with zero attached hydrogens (tertiary/aromatic N) is 1. The summed E-state index contributed by atoms with van der Waals surface area (Å²) in [7, 11) is -1.04. The number of esters is 1. The lowest BCUT2D eigenvalue weighted by atomic mass is 9.81. The Morgan fingerprint density at radius 1 is 0.978 bits per heavy atom. The van der Waals surface area contributed by atoms with E-state index in [4.69, 9.17) is 9.47 Å². The molecule has 4 aromatic rings. The number of amides is 1. The molecule has 2 saturated carbocycles. The molecule has 1 amide bonds. The predicted octanol–water partition coefficient (Wildman–Crippen LogP) is 5.79. The van der Waals surface area contributed by atoms with E-state index in [9.17, 15) is 18.0 Å². The van der Waals surface area contributed by atoms with Crippen LogP contribution in [0.4, 0.5) is 0 Å². The van der Waals surface area contributed by atoms with Crippen LogP contribution in [0.5, 0.6) is 5.75 Å². The minimum absolute atomic E-state index is 0.0171. The molecule has 2 aliphatic carbocycles. The van der Waals surface area contributed by atoms with Crippen LogP contribution in [-0.2, 0) is 32.8 Å². The van der Waals surface area contributed by atoms with Crippen molar-refractivity contribution in [3.8, 4) is 17.0 Å². The van der Waals surface area contributed by atoms with Gasteiger partial charge < -0.3 is 14.0 Å². The van der Waals surface area contributed by atoms with Crippen molar-refractivity contribution < 1.29 is 27.5 Å². The zero-order valence-electron chi connectivity index (χ0n) is 25.5. The van der Waals surface area contributed by atoms with Gasteiger partial charge in [-0.15, -0.1) is 0 Å². The van der Waals surface area contributed by atoms with Gasteiger partial charge in [0.05, 0.1) is 25.3 Å². The SMILES string of the molecule is COC(=O)C12CC1c1cc(OC)ccc1-c1c(C3CCCCC3)c3ccc(C(=O)NS(=O)(=O)NCc4ccccc4)cc3n1C2. The topological polar surface area (TPSA) is 116 Å². The first kappa shape index (κ1) is 29.6. The van der Waals surface area contributed by atoms with E-state index in [2.05, 4.69) is 26.1 Å². The molecule has 0 saturated heterocycles. The van der Waals surface area contributed by atoms with E-state index in [1.807, 2.05) is 30.3 Å². The molecule has 1 aliphatic heterocycles. The summed E-state index contributed by atoms with van der Waals surface area (Å²) in [4.78, 5) is 26.8.